The molecule has 19 aromatic rings. The molecule has 0 aliphatic rings. The van der Waals surface area contributed by atoms with Gasteiger partial charge in [-0.05, 0) is 113 Å². The van der Waals surface area contributed by atoms with Crippen molar-refractivity contribution in [2.45, 2.75) is 27.7 Å². The Morgan fingerprint density at radius 2 is 0.398 bits per heavy atom. The summed E-state index contributed by atoms with van der Waals surface area (Å²) in [4.78, 5) is 24.5. The second-order valence-electron chi connectivity index (χ2n) is 26.0. The molecule has 0 saturated carbocycles. The molecule has 462 valence electrons. The molecule has 0 aliphatic carbocycles. The van der Waals surface area contributed by atoms with Crippen molar-refractivity contribution in [2.24, 2.45) is 0 Å². The van der Waals surface area contributed by atoms with Crippen LogP contribution in [0.4, 0.5) is 0 Å². The van der Waals surface area contributed by atoms with Crippen LogP contribution in [0.2, 0.25) is 0 Å². The van der Waals surface area contributed by atoms with Crippen LogP contribution in [0.3, 0.4) is 0 Å². The predicted molar refractivity (Wildman–Crippen MR) is 407 cm³/mol. The SMILES string of the molecule is Cc1ccc2c(c1)c1cc(C)ccc1n2-c1c(-c2nc(-c3ccccc3)cc(-c3ccccc3)n2)c(-n2c3ccc(C)cc3c3cc(C)ccc32)c(-n2c3ccccc3c3ccccc32)c(-c2nc(-c3ccccc3)cc(-c3ccccc3)n2)c1-n1c2ccccc2c2ccccc21. The van der Waals surface area contributed by atoms with Gasteiger partial charge in [-0.15, -0.1) is 0 Å². The number of nitrogens with zero attached hydrogens (tertiary/aromatic N) is 8. The van der Waals surface area contributed by atoms with Crippen molar-refractivity contribution in [3.8, 4) is 90.6 Å². The smallest absolute Gasteiger partial charge is 0.164 e. The fourth-order valence-corrected chi connectivity index (χ4v) is 15.4. The Kier molecular flexibility index (Phi) is 13.0. The van der Waals surface area contributed by atoms with Crippen LogP contribution >= 0.6 is 0 Å². The van der Waals surface area contributed by atoms with Gasteiger partial charge in [-0.1, -0.05) is 241 Å². The number of rotatable bonds is 10. The summed E-state index contributed by atoms with van der Waals surface area (Å²) in [5.74, 6) is 1.05. The monoisotopic (exact) mass is 1250 g/mol. The molecule has 0 atom stereocenters. The van der Waals surface area contributed by atoms with Crippen LogP contribution in [-0.2, 0) is 0 Å². The van der Waals surface area contributed by atoms with E-state index in [1.54, 1.807) is 0 Å². The van der Waals surface area contributed by atoms with E-state index < -0.39 is 0 Å². The molecule has 0 N–H and O–H groups in total. The zero-order valence-corrected chi connectivity index (χ0v) is 54.4. The normalized spacial score (nSPS) is 11.9. The van der Waals surface area contributed by atoms with E-state index >= 15 is 0 Å². The average Bonchev–Trinajstić information content (AvgIpc) is 1.43. The lowest BCUT2D eigenvalue weighted by atomic mass is 9.95. The highest BCUT2D eigenvalue weighted by atomic mass is 15.1. The highest BCUT2D eigenvalue weighted by molar-refractivity contribution is 6.18. The molecule has 0 aliphatic heterocycles. The summed E-state index contributed by atoms with van der Waals surface area (Å²) in [5.41, 5.74) is 24.6. The molecule has 19 rings (SSSR count). The summed E-state index contributed by atoms with van der Waals surface area (Å²) >= 11 is 0. The lowest BCUT2D eigenvalue weighted by molar-refractivity contribution is 1.02. The van der Waals surface area contributed by atoms with Crippen molar-refractivity contribution in [1.82, 2.24) is 38.2 Å². The first kappa shape index (κ1) is 56.7. The summed E-state index contributed by atoms with van der Waals surface area (Å²) in [7, 11) is 0. The van der Waals surface area contributed by atoms with Gasteiger partial charge in [-0.2, -0.15) is 0 Å². The first-order valence-corrected chi connectivity index (χ1v) is 33.5. The van der Waals surface area contributed by atoms with E-state index in [-0.39, 0.29) is 0 Å². The van der Waals surface area contributed by atoms with Gasteiger partial charge >= 0.3 is 0 Å². The van der Waals surface area contributed by atoms with Gasteiger partial charge in [0.2, 0.25) is 0 Å². The molecule has 6 aromatic heterocycles. The zero-order valence-electron chi connectivity index (χ0n) is 54.4. The molecule has 0 radical (unpaired) electrons. The Bertz CT molecular complexity index is 5850. The number of para-hydroxylation sites is 4. The highest BCUT2D eigenvalue weighted by Crippen LogP contribution is 2.55. The van der Waals surface area contributed by atoms with E-state index in [0.29, 0.717) is 11.6 Å². The number of benzene rings is 13. The summed E-state index contributed by atoms with van der Waals surface area (Å²) in [6, 6.07) is 110. The van der Waals surface area contributed by atoms with E-state index in [1.165, 1.54) is 0 Å². The molecule has 0 amide bonds. The molecular formula is C90H62N8. The lowest BCUT2D eigenvalue weighted by Crippen LogP contribution is -2.17. The van der Waals surface area contributed by atoms with Crippen LogP contribution in [0.1, 0.15) is 22.3 Å². The zero-order chi connectivity index (χ0) is 65.3. The molecular weight excluding hydrogens is 1190 g/mol. The summed E-state index contributed by atoms with van der Waals surface area (Å²) in [6.45, 7) is 8.80. The Balaban J connectivity index is 1.20. The van der Waals surface area contributed by atoms with E-state index in [0.717, 1.165) is 188 Å². The van der Waals surface area contributed by atoms with E-state index in [2.05, 4.69) is 349 Å². The van der Waals surface area contributed by atoms with Crippen molar-refractivity contribution in [3.05, 3.63) is 326 Å². The molecule has 6 heterocycles. The van der Waals surface area contributed by atoms with Gasteiger partial charge in [-0.3, -0.25) is 0 Å². The minimum atomic E-state index is 0.525. The predicted octanol–water partition coefficient (Wildman–Crippen LogP) is 22.9. The molecule has 98 heavy (non-hydrogen) atoms. The maximum atomic E-state index is 6.13. The highest BCUT2D eigenvalue weighted by Gasteiger charge is 2.38. The summed E-state index contributed by atoms with van der Waals surface area (Å²) < 4.78 is 10.1. The third-order valence-corrected chi connectivity index (χ3v) is 19.8. The number of aryl methyl sites for hydroxylation is 4. The number of hydrogen-bond donors (Lipinski definition) is 0. The van der Waals surface area contributed by atoms with Gasteiger partial charge < -0.3 is 18.3 Å². The minimum Gasteiger partial charge on any atom is -0.306 e. The van der Waals surface area contributed by atoms with Gasteiger partial charge in [0, 0.05) is 65.3 Å². The topological polar surface area (TPSA) is 71.3 Å². The van der Waals surface area contributed by atoms with Crippen molar-refractivity contribution in [1.29, 1.82) is 0 Å². The minimum absolute atomic E-state index is 0.525. The Morgan fingerprint density at radius 3 is 0.633 bits per heavy atom. The Labute approximate surface area is 565 Å². The van der Waals surface area contributed by atoms with E-state index in [9.17, 15) is 0 Å². The average molecular weight is 1260 g/mol. The van der Waals surface area contributed by atoms with E-state index in [1.807, 2.05) is 0 Å². The number of hydrogen-bond acceptors (Lipinski definition) is 4. The lowest BCUT2D eigenvalue weighted by Gasteiger charge is -2.30. The molecule has 0 fully saturated rings. The molecule has 0 unspecified atom stereocenters. The van der Waals surface area contributed by atoms with Crippen molar-refractivity contribution >= 4 is 87.2 Å². The third kappa shape index (κ3) is 8.91. The number of aromatic nitrogens is 8. The first-order chi connectivity index (χ1) is 48.3. The quantitative estimate of drug-likeness (QED) is 0.137. The molecule has 0 saturated heterocycles. The number of fused-ring (bicyclic) bond motifs is 12. The van der Waals surface area contributed by atoms with Gasteiger partial charge in [0.05, 0.1) is 101 Å². The maximum absolute atomic E-state index is 6.13. The fraction of sp³-hybridized carbons (Fsp3) is 0.0444. The molecule has 0 spiro atoms. The molecule has 8 heteroatoms. The van der Waals surface area contributed by atoms with Crippen LogP contribution in [0.25, 0.3) is 178 Å². The second-order valence-corrected chi connectivity index (χ2v) is 26.0. The molecule has 0 bridgehead atoms. The van der Waals surface area contributed by atoms with Gasteiger partial charge in [-0.25, -0.2) is 19.9 Å². The van der Waals surface area contributed by atoms with Crippen molar-refractivity contribution in [2.75, 3.05) is 0 Å². The van der Waals surface area contributed by atoms with Crippen LogP contribution < -0.4 is 0 Å². The van der Waals surface area contributed by atoms with Crippen LogP contribution in [0.5, 0.6) is 0 Å². The second kappa shape index (κ2) is 22.4. The summed E-state index contributed by atoms with van der Waals surface area (Å²) in [6.07, 6.45) is 0. The van der Waals surface area contributed by atoms with Gasteiger partial charge in [0.1, 0.15) is 0 Å². The summed E-state index contributed by atoms with van der Waals surface area (Å²) in [5, 5.41) is 8.89. The van der Waals surface area contributed by atoms with Gasteiger partial charge in [0.25, 0.3) is 0 Å². The van der Waals surface area contributed by atoms with Crippen molar-refractivity contribution < 1.29 is 0 Å². The largest absolute Gasteiger partial charge is 0.306 e. The van der Waals surface area contributed by atoms with Crippen LogP contribution in [0.15, 0.2) is 303 Å². The standard InChI is InChI=1S/C90H62N8/c1-55-41-45-79-67(49-55)68-50-56(2)42-46-80(68)97(79)87-84(90-93-73(61-29-13-7-14-30-61)54-74(94-90)62-31-15-8-16-32-62)88(98-81-47-43-57(3)51-69(81)70-52-58(4)44-48-82(70)98)86(96-77-39-23-19-35-65(77)66-36-20-24-40-78(66)96)83(85(87)95-75-37-21-17-33-63(75)64-34-18-22-38-76(64)95)89-91-71(59-25-9-5-10-26-59)53-72(92-89)60-27-11-6-12-28-60/h5-54H,1-4H3. The van der Waals surface area contributed by atoms with E-state index in [4.69, 9.17) is 19.9 Å². The molecule has 13 aromatic carbocycles. The Morgan fingerprint density at radius 1 is 0.194 bits per heavy atom. The molecule has 8 nitrogen and oxygen atoms in total. The van der Waals surface area contributed by atoms with Crippen molar-refractivity contribution in [3.63, 3.8) is 0 Å². The Hall–Kier alpha value is -12.8. The van der Waals surface area contributed by atoms with Crippen LogP contribution in [0, 0.1) is 27.7 Å². The van der Waals surface area contributed by atoms with Crippen LogP contribution in [-0.4, -0.2) is 38.2 Å². The third-order valence-electron chi connectivity index (χ3n) is 19.8. The van der Waals surface area contributed by atoms with Gasteiger partial charge in [0.15, 0.2) is 11.6 Å². The first-order valence-electron chi connectivity index (χ1n) is 33.5. The maximum Gasteiger partial charge on any atom is 0.164 e. The fourth-order valence-electron chi connectivity index (χ4n) is 15.4.